The lowest BCUT2D eigenvalue weighted by Crippen LogP contribution is -2.20. The van der Waals surface area contributed by atoms with E-state index in [1.54, 1.807) is 18.2 Å². The number of nitro benzene ring substituents is 1. The van der Waals surface area contributed by atoms with Gasteiger partial charge in [0, 0.05) is 17.1 Å². The van der Waals surface area contributed by atoms with Crippen LogP contribution >= 0.6 is 11.6 Å². The normalized spacial score (nSPS) is 16.8. The van der Waals surface area contributed by atoms with Crippen LogP contribution in [0.3, 0.4) is 0 Å². The van der Waals surface area contributed by atoms with Crippen molar-refractivity contribution >= 4 is 23.0 Å². The molecule has 0 radical (unpaired) electrons. The summed E-state index contributed by atoms with van der Waals surface area (Å²) in [5.74, 6) is 0. The highest BCUT2D eigenvalue weighted by Gasteiger charge is 2.23. The lowest BCUT2D eigenvalue weighted by atomic mass is 10.1. The SMILES string of the molecule is O=[N+]([O-])c1ccccc1NC1Cc2ccc(Cl)cc2C1. The summed E-state index contributed by atoms with van der Waals surface area (Å²) >= 11 is 5.99. The molecule has 3 rings (SSSR count). The fourth-order valence-corrected chi connectivity index (χ4v) is 2.86. The number of nitrogens with one attached hydrogen (secondary N) is 1. The lowest BCUT2D eigenvalue weighted by Gasteiger charge is -2.13. The summed E-state index contributed by atoms with van der Waals surface area (Å²) in [6.07, 6.45) is 1.69. The molecule has 4 nitrogen and oxygen atoms in total. The van der Waals surface area contributed by atoms with Gasteiger partial charge in [-0.1, -0.05) is 29.8 Å². The molecular weight excluding hydrogens is 276 g/mol. The molecule has 1 aliphatic carbocycles. The summed E-state index contributed by atoms with van der Waals surface area (Å²) < 4.78 is 0. The summed E-state index contributed by atoms with van der Waals surface area (Å²) in [7, 11) is 0. The van der Waals surface area contributed by atoms with E-state index in [1.807, 2.05) is 18.2 Å². The van der Waals surface area contributed by atoms with E-state index in [-0.39, 0.29) is 16.7 Å². The molecule has 20 heavy (non-hydrogen) atoms. The maximum Gasteiger partial charge on any atom is 0.292 e. The Morgan fingerprint density at radius 3 is 2.70 bits per heavy atom. The molecule has 0 saturated carbocycles. The summed E-state index contributed by atoms with van der Waals surface area (Å²) in [6, 6.07) is 12.8. The first-order valence-electron chi connectivity index (χ1n) is 6.41. The number of halogens is 1. The van der Waals surface area contributed by atoms with Crippen LogP contribution < -0.4 is 5.32 Å². The third-order valence-corrected chi connectivity index (χ3v) is 3.80. The zero-order valence-electron chi connectivity index (χ0n) is 10.7. The molecule has 0 saturated heterocycles. The molecule has 5 heteroatoms. The number of benzene rings is 2. The van der Waals surface area contributed by atoms with E-state index in [9.17, 15) is 10.1 Å². The highest BCUT2D eigenvalue weighted by molar-refractivity contribution is 6.30. The third-order valence-electron chi connectivity index (χ3n) is 3.56. The van der Waals surface area contributed by atoms with Gasteiger partial charge in [-0.2, -0.15) is 0 Å². The van der Waals surface area contributed by atoms with Crippen molar-refractivity contribution in [2.24, 2.45) is 0 Å². The molecule has 102 valence electrons. The fraction of sp³-hybridized carbons (Fsp3) is 0.200. The maximum atomic E-state index is 11.0. The summed E-state index contributed by atoms with van der Waals surface area (Å²) in [4.78, 5) is 10.6. The number of rotatable bonds is 3. The van der Waals surface area contributed by atoms with Crippen molar-refractivity contribution < 1.29 is 4.92 Å². The van der Waals surface area contributed by atoms with Gasteiger partial charge in [-0.05, 0) is 42.2 Å². The van der Waals surface area contributed by atoms with Crippen molar-refractivity contribution in [1.82, 2.24) is 0 Å². The van der Waals surface area contributed by atoms with Crippen LogP contribution in [-0.2, 0) is 12.8 Å². The van der Waals surface area contributed by atoms with E-state index in [4.69, 9.17) is 11.6 Å². The monoisotopic (exact) mass is 288 g/mol. The van der Waals surface area contributed by atoms with Crippen LogP contribution in [0.25, 0.3) is 0 Å². The van der Waals surface area contributed by atoms with Gasteiger partial charge in [0.1, 0.15) is 5.69 Å². The average Bonchev–Trinajstić information content (AvgIpc) is 2.80. The van der Waals surface area contributed by atoms with E-state index >= 15 is 0 Å². The van der Waals surface area contributed by atoms with Crippen LogP contribution in [0.1, 0.15) is 11.1 Å². The Kier molecular flexibility index (Phi) is 3.32. The zero-order valence-corrected chi connectivity index (χ0v) is 11.4. The first-order chi connectivity index (χ1) is 9.63. The quantitative estimate of drug-likeness (QED) is 0.690. The van der Waals surface area contributed by atoms with Gasteiger partial charge in [0.2, 0.25) is 0 Å². The van der Waals surface area contributed by atoms with Gasteiger partial charge < -0.3 is 5.32 Å². The van der Waals surface area contributed by atoms with E-state index in [0.717, 1.165) is 17.9 Å². The second kappa shape index (κ2) is 5.13. The van der Waals surface area contributed by atoms with Crippen LogP contribution in [0.15, 0.2) is 42.5 Å². The molecule has 1 N–H and O–H groups in total. The average molecular weight is 289 g/mol. The Balaban J connectivity index is 1.80. The highest BCUT2D eigenvalue weighted by atomic mass is 35.5. The number of anilines is 1. The first-order valence-corrected chi connectivity index (χ1v) is 6.78. The van der Waals surface area contributed by atoms with E-state index in [0.29, 0.717) is 5.69 Å². The Bertz CT molecular complexity index is 673. The summed E-state index contributed by atoms with van der Waals surface area (Å²) in [5, 5.41) is 15.0. The van der Waals surface area contributed by atoms with Gasteiger partial charge in [0.05, 0.1) is 4.92 Å². The molecule has 1 aliphatic rings. The Morgan fingerprint density at radius 1 is 1.15 bits per heavy atom. The molecule has 0 amide bonds. The van der Waals surface area contributed by atoms with Gasteiger partial charge in [0.15, 0.2) is 0 Å². The highest BCUT2D eigenvalue weighted by Crippen LogP contribution is 2.30. The predicted octanol–water partition coefficient (Wildman–Crippen LogP) is 3.83. The minimum Gasteiger partial charge on any atom is -0.376 e. The first kappa shape index (κ1) is 12.9. The van der Waals surface area contributed by atoms with Crippen LogP contribution in [0.4, 0.5) is 11.4 Å². The van der Waals surface area contributed by atoms with Crippen molar-refractivity contribution in [3.05, 3.63) is 68.7 Å². The van der Waals surface area contributed by atoms with Crippen molar-refractivity contribution in [3.8, 4) is 0 Å². The van der Waals surface area contributed by atoms with Gasteiger partial charge in [0.25, 0.3) is 5.69 Å². The molecule has 1 atom stereocenters. The van der Waals surface area contributed by atoms with Gasteiger partial charge in [-0.3, -0.25) is 10.1 Å². The summed E-state index contributed by atoms with van der Waals surface area (Å²) in [6.45, 7) is 0. The third kappa shape index (κ3) is 2.47. The summed E-state index contributed by atoms with van der Waals surface area (Å²) in [5.41, 5.74) is 3.15. The number of nitrogens with zero attached hydrogens (tertiary/aromatic N) is 1. The number of hydrogen-bond acceptors (Lipinski definition) is 3. The molecular formula is C15H13ClN2O2. The number of hydrogen-bond donors (Lipinski definition) is 1. The zero-order chi connectivity index (χ0) is 14.1. The van der Waals surface area contributed by atoms with Gasteiger partial charge >= 0.3 is 0 Å². The molecule has 0 aliphatic heterocycles. The van der Waals surface area contributed by atoms with Crippen LogP contribution in [0, 0.1) is 10.1 Å². The van der Waals surface area contributed by atoms with E-state index in [2.05, 4.69) is 5.32 Å². The number of nitro groups is 1. The van der Waals surface area contributed by atoms with Crippen molar-refractivity contribution in [3.63, 3.8) is 0 Å². The minimum absolute atomic E-state index is 0.112. The molecule has 0 fully saturated rings. The molecule has 2 aromatic carbocycles. The van der Waals surface area contributed by atoms with E-state index < -0.39 is 0 Å². The second-order valence-electron chi connectivity index (χ2n) is 4.94. The van der Waals surface area contributed by atoms with Gasteiger partial charge in [-0.15, -0.1) is 0 Å². The van der Waals surface area contributed by atoms with Crippen LogP contribution in [0.2, 0.25) is 5.02 Å². The van der Waals surface area contributed by atoms with Gasteiger partial charge in [-0.25, -0.2) is 0 Å². The Labute approximate surface area is 121 Å². The Hall–Kier alpha value is -2.07. The topological polar surface area (TPSA) is 55.2 Å². The number of para-hydroxylation sites is 2. The van der Waals surface area contributed by atoms with Crippen LogP contribution in [0.5, 0.6) is 0 Å². The molecule has 0 aromatic heterocycles. The molecule has 1 unspecified atom stereocenters. The van der Waals surface area contributed by atoms with Crippen molar-refractivity contribution in [2.45, 2.75) is 18.9 Å². The minimum atomic E-state index is -0.360. The smallest absolute Gasteiger partial charge is 0.292 e. The van der Waals surface area contributed by atoms with Crippen molar-refractivity contribution in [2.75, 3.05) is 5.32 Å². The fourth-order valence-electron chi connectivity index (χ4n) is 2.66. The van der Waals surface area contributed by atoms with E-state index in [1.165, 1.54) is 17.2 Å². The Morgan fingerprint density at radius 2 is 1.90 bits per heavy atom. The largest absolute Gasteiger partial charge is 0.376 e. The molecule has 2 aromatic rings. The molecule has 0 spiro atoms. The second-order valence-corrected chi connectivity index (χ2v) is 5.37. The molecule has 0 bridgehead atoms. The molecule has 0 heterocycles. The predicted molar refractivity (Wildman–Crippen MR) is 79.4 cm³/mol. The number of fused-ring (bicyclic) bond motifs is 1. The standard InChI is InChI=1S/C15H13ClN2O2/c16-12-6-5-10-8-13(9-11(10)7-12)17-14-3-1-2-4-15(14)18(19)20/h1-7,13,17H,8-9H2. The lowest BCUT2D eigenvalue weighted by molar-refractivity contribution is -0.384. The van der Waals surface area contributed by atoms with Crippen molar-refractivity contribution in [1.29, 1.82) is 0 Å². The van der Waals surface area contributed by atoms with Crippen LogP contribution in [-0.4, -0.2) is 11.0 Å². The maximum absolute atomic E-state index is 11.0.